The molecule has 0 fully saturated rings. The molecule has 2 aromatic heterocycles. The predicted molar refractivity (Wildman–Crippen MR) is 162 cm³/mol. The van der Waals surface area contributed by atoms with Crippen LogP contribution in [0.1, 0.15) is 50.8 Å². The van der Waals surface area contributed by atoms with E-state index < -0.39 is 11.9 Å². The number of phenols is 1. The van der Waals surface area contributed by atoms with Gasteiger partial charge in [-0.25, -0.2) is 14.5 Å². The number of nitrogens with two attached hydrogens (primary N) is 1. The Hall–Kier alpha value is -5.12. The monoisotopic (exact) mass is 578 g/mol. The van der Waals surface area contributed by atoms with Gasteiger partial charge in [0.1, 0.15) is 23.7 Å². The summed E-state index contributed by atoms with van der Waals surface area (Å²) in [6.45, 7) is 7.81. The lowest BCUT2D eigenvalue weighted by Gasteiger charge is -2.44. The van der Waals surface area contributed by atoms with Crippen LogP contribution < -0.4 is 10.6 Å². The fourth-order valence-corrected chi connectivity index (χ4v) is 6.28. The van der Waals surface area contributed by atoms with Crippen molar-refractivity contribution in [2.24, 2.45) is 11.1 Å². The van der Waals surface area contributed by atoms with Crippen molar-refractivity contribution in [3.8, 4) is 17.3 Å². The van der Waals surface area contributed by atoms with E-state index in [2.05, 4.69) is 4.98 Å². The molecule has 3 heterocycles. The van der Waals surface area contributed by atoms with Crippen molar-refractivity contribution >= 4 is 17.4 Å². The molecule has 0 saturated carbocycles. The number of ether oxygens (including phenoxy) is 1. The van der Waals surface area contributed by atoms with E-state index in [1.54, 1.807) is 59.5 Å². The Bertz CT molecular complexity index is 1780. The van der Waals surface area contributed by atoms with Crippen LogP contribution in [0.25, 0.3) is 11.5 Å². The van der Waals surface area contributed by atoms with E-state index in [1.165, 1.54) is 0 Å². The molecule has 1 aliphatic heterocycles. The summed E-state index contributed by atoms with van der Waals surface area (Å²) in [5.74, 6) is -0.753. The van der Waals surface area contributed by atoms with E-state index >= 15 is 0 Å². The van der Waals surface area contributed by atoms with E-state index in [0.29, 0.717) is 46.9 Å². The van der Waals surface area contributed by atoms with Crippen LogP contribution in [0.5, 0.6) is 5.75 Å². The molecule has 0 radical (unpaired) electrons. The number of benzene rings is 2. The lowest BCUT2D eigenvalue weighted by molar-refractivity contribution is -0.138. The highest BCUT2D eigenvalue weighted by Gasteiger charge is 2.48. The molecule has 6 rings (SSSR count). The number of anilines is 1. The van der Waals surface area contributed by atoms with E-state index in [0.717, 1.165) is 5.69 Å². The molecule has 220 valence electrons. The van der Waals surface area contributed by atoms with Crippen LogP contribution in [0, 0.1) is 12.3 Å². The third-order valence-electron chi connectivity index (χ3n) is 7.96. The molecular formula is C33H34N6O4. The van der Waals surface area contributed by atoms with Crippen LogP contribution in [-0.4, -0.2) is 42.8 Å². The molecule has 1 unspecified atom stereocenters. The summed E-state index contributed by atoms with van der Waals surface area (Å²) in [4.78, 5) is 34.2. The highest BCUT2D eigenvalue weighted by Crippen LogP contribution is 2.52. The zero-order chi connectivity index (χ0) is 30.5. The maximum Gasteiger partial charge on any atom is 0.338 e. The lowest BCUT2D eigenvalue weighted by Crippen LogP contribution is -2.44. The third-order valence-corrected chi connectivity index (χ3v) is 7.96. The van der Waals surface area contributed by atoms with Gasteiger partial charge in [0.2, 0.25) is 0 Å². The number of nitrogens with zero attached hydrogens (tertiary/aromatic N) is 5. The Morgan fingerprint density at radius 2 is 1.86 bits per heavy atom. The minimum atomic E-state index is -0.860. The van der Waals surface area contributed by atoms with Gasteiger partial charge in [0, 0.05) is 41.7 Å². The summed E-state index contributed by atoms with van der Waals surface area (Å²) in [7, 11) is 0. The minimum Gasteiger partial charge on any atom is -0.508 e. The second kappa shape index (κ2) is 10.6. The maximum absolute atomic E-state index is 14.3. The Morgan fingerprint density at radius 1 is 1.12 bits per heavy atom. The van der Waals surface area contributed by atoms with Crippen LogP contribution >= 0.6 is 0 Å². The van der Waals surface area contributed by atoms with Gasteiger partial charge >= 0.3 is 5.97 Å². The Labute approximate surface area is 249 Å². The van der Waals surface area contributed by atoms with Crippen LogP contribution in [0.15, 0.2) is 96.0 Å². The normalized spacial score (nSPS) is 18.2. The number of esters is 1. The molecule has 43 heavy (non-hydrogen) atoms. The van der Waals surface area contributed by atoms with Crippen LogP contribution in [-0.2, 0) is 14.3 Å². The Morgan fingerprint density at radius 3 is 2.53 bits per heavy atom. The number of aryl methyl sites for hydroxylation is 1. The van der Waals surface area contributed by atoms with E-state index in [9.17, 15) is 14.7 Å². The van der Waals surface area contributed by atoms with Gasteiger partial charge in [-0.1, -0.05) is 38.1 Å². The first-order chi connectivity index (χ1) is 20.6. The van der Waals surface area contributed by atoms with Crippen molar-refractivity contribution < 1.29 is 19.4 Å². The molecule has 1 atom stereocenters. The zero-order valence-corrected chi connectivity index (χ0v) is 24.6. The fourth-order valence-electron chi connectivity index (χ4n) is 6.28. The smallest absolute Gasteiger partial charge is 0.338 e. The van der Waals surface area contributed by atoms with Crippen molar-refractivity contribution in [2.75, 3.05) is 11.5 Å². The van der Waals surface area contributed by atoms with Gasteiger partial charge in [0.25, 0.3) is 0 Å². The first kappa shape index (κ1) is 28.0. The summed E-state index contributed by atoms with van der Waals surface area (Å²) < 4.78 is 9.23. The van der Waals surface area contributed by atoms with Crippen molar-refractivity contribution in [3.63, 3.8) is 0 Å². The van der Waals surface area contributed by atoms with Crippen molar-refractivity contribution in [3.05, 3.63) is 107 Å². The molecule has 0 saturated heterocycles. The predicted octanol–water partition coefficient (Wildman–Crippen LogP) is 5.05. The number of ketones is 1. The van der Waals surface area contributed by atoms with E-state index in [1.807, 2.05) is 55.7 Å². The van der Waals surface area contributed by atoms with Gasteiger partial charge in [-0.2, -0.15) is 5.10 Å². The summed E-state index contributed by atoms with van der Waals surface area (Å²) in [5, 5.41) is 15.3. The second-order valence-corrected chi connectivity index (χ2v) is 11.6. The number of allylic oxidation sites excluding steroid dienone is 2. The zero-order valence-electron chi connectivity index (χ0n) is 24.6. The standard InChI is InChI=1S/C33H34N6O4/c1-5-43-32(42)29-28(26-20(2)36-39(21-10-7-6-8-11-21)31(26)37-15-14-35-19-37)27-24(17-33(3,4)18-25(27)41)38(30(29)34)22-12-9-13-23(40)16-22/h6-16,19,28,40H,5,17-18,34H2,1-4H3. The molecule has 4 aromatic rings. The molecule has 10 heteroatoms. The number of aromatic hydroxyl groups is 1. The largest absolute Gasteiger partial charge is 0.508 e. The minimum absolute atomic E-state index is 0.0380. The average molecular weight is 579 g/mol. The number of hydrogen-bond acceptors (Lipinski definition) is 8. The summed E-state index contributed by atoms with van der Waals surface area (Å²) in [6, 6.07) is 16.3. The highest BCUT2D eigenvalue weighted by molar-refractivity contribution is 6.06. The SMILES string of the molecule is CCOC(=O)C1=C(N)N(c2cccc(O)c2)C2=C(C(=O)CC(C)(C)C2)C1c1c(C)nn(-c2ccccc2)c1-n1ccnc1. The van der Waals surface area contributed by atoms with Crippen molar-refractivity contribution in [1.29, 1.82) is 0 Å². The van der Waals surface area contributed by atoms with Gasteiger partial charge in [0.15, 0.2) is 5.78 Å². The fraction of sp³-hybridized carbons (Fsp3) is 0.273. The summed E-state index contributed by atoms with van der Waals surface area (Å²) >= 11 is 0. The Balaban J connectivity index is 1.71. The van der Waals surface area contributed by atoms with Crippen LogP contribution in [0.4, 0.5) is 5.69 Å². The van der Waals surface area contributed by atoms with Crippen LogP contribution in [0.3, 0.4) is 0 Å². The number of imidazole rings is 1. The van der Waals surface area contributed by atoms with Gasteiger partial charge in [-0.3, -0.25) is 14.3 Å². The third kappa shape index (κ3) is 4.78. The number of carbonyl (C=O) groups excluding carboxylic acids is 2. The second-order valence-electron chi connectivity index (χ2n) is 11.6. The number of Topliss-reactive ketones (excluding diaryl/α,β-unsaturated/α-hetero) is 1. The summed E-state index contributed by atoms with van der Waals surface area (Å²) in [6.07, 6.45) is 5.95. The van der Waals surface area contributed by atoms with Gasteiger partial charge in [0.05, 0.1) is 35.2 Å². The number of rotatable bonds is 6. The van der Waals surface area contributed by atoms with Crippen molar-refractivity contribution in [2.45, 2.75) is 46.5 Å². The highest BCUT2D eigenvalue weighted by atomic mass is 16.5. The molecule has 0 bridgehead atoms. The number of aromatic nitrogens is 4. The molecule has 2 aromatic carbocycles. The molecule has 2 aliphatic rings. The number of carbonyl (C=O) groups is 2. The number of para-hydroxylation sites is 1. The first-order valence-electron chi connectivity index (χ1n) is 14.3. The molecular weight excluding hydrogens is 544 g/mol. The topological polar surface area (TPSA) is 128 Å². The molecule has 10 nitrogen and oxygen atoms in total. The number of phenolic OH excluding ortho intramolecular Hbond substituents is 1. The summed E-state index contributed by atoms with van der Waals surface area (Å²) in [5.41, 5.74) is 10.5. The lowest BCUT2D eigenvalue weighted by atomic mass is 9.68. The van der Waals surface area contributed by atoms with Gasteiger partial charge in [-0.15, -0.1) is 0 Å². The first-order valence-corrected chi connectivity index (χ1v) is 14.3. The maximum atomic E-state index is 14.3. The van der Waals surface area contributed by atoms with Crippen molar-refractivity contribution in [1.82, 2.24) is 19.3 Å². The Kier molecular flexibility index (Phi) is 6.92. The number of hydrogen-bond donors (Lipinski definition) is 2. The van der Waals surface area contributed by atoms with Gasteiger partial charge in [-0.05, 0) is 49.9 Å². The van der Waals surface area contributed by atoms with E-state index in [4.69, 9.17) is 15.6 Å². The molecule has 0 amide bonds. The molecule has 3 N–H and O–H groups in total. The average Bonchev–Trinajstić information content (AvgIpc) is 3.60. The molecule has 0 spiro atoms. The van der Waals surface area contributed by atoms with Crippen LogP contribution in [0.2, 0.25) is 0 Å². The molecule has 1 aliphatic carbocycles. The van der Waals surface area contributed by atoms with E-state index in [-0.39, 0.29) is 34.9 Å². The quantitative estimate of drug-likeness (QED) is 0.304. The van der Waals surface area contributed by atoms with Gasteiger partial charge < -0.3 is 15.6 Å².